The van der Waals surface area contributed by atoms with Gasteiger partial charge in [-0.1, -0.05) is 15.9 Å². The number of aryl methyl sites for hydroxylation is 1. The molecule has 0 aliphatic heterocycles. The fourth-order valence-corrected chi connectivity index (χ4v) is 1.37. The zero-order valence-electron chi connectivity index (χ0n) is 7.63. The summed E-state index contributed by atoms with van der Waals surface area (Å²) in [7, 11) is 1.52. The zero-order chi connectivity index (χ0) is 9.84. The Morgan fingerprint density at radius 1 is 1.46 bits per heavy atom. The molecule has 0 aliphatic carbocycles. The van der Waals surface area contributed by atoms with Gasteiger partial charge in [0.25, 0.3) is 5.95 Å². The Morgan fingerprint density at radius 2 is 2.15 bits per heavy atom. The topological polar surface area (TPSA) is 18.5 Å². The van der Waals surface area contributed by atoms with E-state index in [1.165, 1.54) is 7.11 Å². The summed E-state index contributed by atoms with van der Waals surface area (Å²) < 4.78 is 11.2. The van der Waals surface area contributed by atoms with Gasteiger partial charge >= 0.3 is 0 Å². The van der Waals surface area contributed by atoms with Crippen LogP contribution in [0, 0.1) is 6.92 Å². The monoisotopic (exact) mass is 242 g/mol. The Balaban J connectivity index is 2.83. The molecule has 2 nitrogen and oxygen atoms in total. The average Bonchev–Trinajstić information content (AvgIpc) is 2.09. The van der Waals surface area contributed by atoms with Gasteiger partial charge in [-0.15, -0.1) is 0 Å². The van der Waals surface area contributed by atoms with E-state index < -0.39 is 0 Å². The number of ether oxygens (including phenoxy) is 2. The third-order valence-electron chi connectivity index (χ3n) is 1.59. The maximum absolute atomic E-state index is 5.31. The van der Waals surface area contributed by atoms with Crippen LogP contribution >= 0.6 is 15.9 Å². The van der Waals surface area contributed by atoms with Crippen molar-refractivity contribution in [3.05, 3.63) is 40.8 Å². The molecule has 1 rings (SSSR count). The molecule has 0 spiro atoms. The molecule has 13 heavy (non-hydrogen) atoms. The summed E-state index contributed by atoms with van der Waals surface area (Å²) in [6.45, 7) is 5.54. The molecule has 70 valence electrons. The van der Waals surface area contributed by atoms with Crippen molar-refractivity contribution in [1.29, 1.82) is 0 Å². The number of hydrogen-bond acceptors (Lipinski definition) is 2. The molecule has 0 unspecified atom stereocenters. The number of rotatable bonds is 3. The lowest BCUT2D eigenvalue weighted by atomic mass is 10.2. The minimum absolute atomic E-state index is 0.297. The fourth-order valence-electron chi connectivity index (χ4n) is 0.892. The first-order valence-corrected chi connectivity index (χ1v) is 4.59. The van der Waals surface area contributed by atoms with E-state index in [9.17, 15) is 0 Å². The highest BCUT2D eigenvalue weighted by Crippen LogP contribution is 2.23. The molecule has 0 N–H and O–H groups in total. The van der Waals surface area contributed by atoms with Crippen molar-refractivity contribution in [2.24, 2.45) is 0 Å². The molecular weight excluding hydrogens is 232 g/mol. The number of halogens is 1. The summed E-state index contributed by atoms with van der Waals surface area (Å²) in [6.07, 6.45) is 0. The molecule has 3 heteroatoms. The van der Waals surface area contributed by atoms with E-state index in [-0.39, 0.29) is 0 Å². The normalized spacial score (nSPS) is 9.46. The second-order valence-electron chi connectivity index (χ2n) is 2.59. The van der Waals surface area contributed by atoms with Gasteiger partial charge in [0.15, 0.2) is 0 Å². The van der Waals surface area contributed by atoms with E-state index >= 15 is 0 Å². The molecule has 0 radical (unpaired) electrons. The summed E-state index contributed by atoms with van der Waals surface area (Å²) >= 11 is 3.37. The van der Waals surface area contributed by atoms with Crippen molar-refractivity contribution < 1.29 is 9.47 Å². The predicted molar refractivity (Wildman–Crippen MR) is 55.7 cm³/mol. The second kappa shape index (κ2) is 4.33. The molecule has 0 saturated heterocycles. The lowest BCUT2D eigenvalue weighted by molar-refractivity contribution is 0.153. The highest BCUT2D eigenvalue weighted by Gasteiger charge is 2.01. The molecule has 1 aromatic carbocycles. The Bertz CT molecular complexity index is 321. The van der Waals surface area contributed by atoms with Gasteiger partial charge in [0.05, 0.1) is 7.11 Å². The van der Waals surface area contributed by atoms with Gasteiger partial charge in [-0.2, -0.15) is 0 Å². The van der Waals surface area contributed by atoms with Crippen LogP contribution in [0.3, 0.4) is 0 Å². The predicted octanol–water partition coefficient (Wildman–Crippen LogP) is 3.25. The van der Waals surface area contributed by atoms with Gasteiger partial charge < -0.3 is 9.47 Å². The maximum atomic E-state index is 5.31. The molecule has 0 heterocycles. The Kier molecular flexibility index (Phi) is 3.37. The Morgan fingerprint density at radius 3 is 2.69 bits per heavy atom. The van der Waals surface area contributed by atoms with Gasteiger partial charge in [-0.05, 0) is 37.3 Å². The lowest BCUT2D eigenvalue weighted by Gasteiger charge is -2.09. The first kappa shape index (κ1) is 10.1. The molecule has 1 aromatic rings. The standard InChI is InChI=1S/C10H11BrO2/c1-7-6-9(11)4-5-10(7)13-8(2)12-3/h4-6H,2H2,1,3H3. The largest absolute Gasteiger partial charge is 0.469 e. The van der Waals surface area contributed by atoms with E-state index in [1.807, 2.05) is 25.1 Å². The van der Waals surface area contributed by atoms with Crippen LogP contribution < -0.4 is 4.74 Å². The van der Waals surface area contributed by atoms with Crippen LogP contribution in [0.25, 0.3) is 0 Å². The molecule has 0 saturated carbocycles. The Labute approximate surface area is 86.3 Å². The van der Waals surface area contributed by atoms with Crippen LogP contribution in [0.15, 0.2) is 35.2 Å². The third-order valence-corrected chi connectivity index (χ3v) is 2.08. The van der Waals surface area contributed by atoms with Crippen LogP contribution in [-0.2, 0) is 4.74 Å². The van der Waals surface area contributed by atoms with Crippen molar-refractivity contribution in [3.8, 4) is 5.75 Å². The molecule has 0 bridgehead atoms. The lowest BCUT2D eigenvalue weighted by Crippen LogP contribution is -1.96. The first-order valence-electron chi connectivity index (χ1n) is 3.80. The summed E-state index contributed by atoms with van der Waals surface area (Å²) in [5.74, 6) is 1.06. The van der Waals surface area contributed by atoms with Crippen LogP contribution in [0.2, 0.25) is 0 Å². The van der Waals surface area contributed by atoms with Gasteiger partial charge in [0, 0.05) is 4.47 Å². The smallest absolute Gasteiger partial charge is 0.276 e. The van der Waals surface area contributed by atoms with E-state index in [1.54, 1.807) is 0 Å². The number of hydrogen-bond donors (Lipinski definition) is 0. The van der Waals surface area contributed by atoms with Crippen LogP contribution in [0.1, 0.15) is 5.56 Å². The summed E-state index contributed by atoms with van der Waals surface area (Å²) in [5, 5.41) is 0. The maximum Gasteiger partial charge on any atom is 0.276 e. The van der Waals surface area contributed by atoms with Crippen molar-refractivity contribution in [1.82, 2.24) is 0 Å². The first-order chi connectivity index (χ1) is 6.13. The number of benzene rings is 1. The van der Waals surface area contributed by atoms with Crippen LogP contribution in [-0.4, -0.2) is 7.11 Å². The molecule has 0 atom stereocenters. The van der Waals surface area contributed by atoms with Crippen LogP contribution in [0.5, 0.6) is 5.75 Å². The highest BCUT2D eigenvalue weighted by atomic mass is 79.9. The van der Waals surface area contributed by atoms with E-state index in [0.29, 0.717) is 5.95 Å². The van der Waals surface area contributed by atoms with Crippen molar-refractivity contribution in [3.63, 3.8) is 0 Å². The van der Waals surface area contributed by atoms with Crippen molar-refractivity contribution in [2.75, 3.05) is 7.11 Å². The molecule has 0 amide bonds. The minimum atomic E-state index is 0.297. The van der Waals surface area contributed by atoms with E-state index in [0.717, 1.165) is 15.8 Å². The molecule has 0 aromatic heterocycles. The van der Waals surface area contributed by atoms with Gasteiger partial charge in [0.2, 0.25) is 0 Å². The Hall–Kier alpha value is -0.960. The van der Waals surface area contributed by atoms with E-state index in [4.69, 9.17) is 9.47 Å². The summed E-state index contributed by atoms with van der Waals surface area (Å²) in [6, 6.07) is 5.74. The van der Waals surface area contributed by atoms with Gasteiger partial charge in [0.1, 0.15) is 5.75 Å². The number of methoxy groups -OCH3 is 1. The van der Waals surface area contributed by atoms with Crippen molar-refractivity contribution in [2.45, 2.75) is 6.92 Å². The molecule has 0 aliphatic rings. The second-order valence-corrected chi connectivity index (χ2v) is 3.50. The van der Waals surface area contributed by atoms with Gasteiger partial charge in [-0.25, -0.2) is 0 Å². The average molecular weight is 243 g/mol. The zero-order valence-corrected chi connectivity index (χ0v) is 9.22. The van der Waals surface area contributed by atoms with Gasteiger partial charge in [-0.3, -0.25) is 0 Å². The van der Waals surface area contributed by atoms with Crippen LogP contribution in [0.4, 0.5) is 0 Å². The summed E-state index contributed by atoms with van der Waals surface area (Å²) in [5.41, 5.74) is 1.03. The third kappa shape index (κ3) is 2.77. The SMILES string of the molecule is C=C(OC)Oc1ccc(Br)cc1C. The molecular formula is C10H11BrO2. The molecule has 0 fully saturated rings. The fraction of sp³-hybridized carbons (Fsp3) is 0.200. The summed E-state index contributed by atoms with van der Waals surface area (Å²) in [4.78, 5) is 0. The highest BCUT2D eigenvalue weighted by molar-refractivity contribution is 9.10. The minimum Gasteiger partial charge on any atom is -0.469 e. The van der Waals surface area contributed by atoms with Crippen molar-refractivity contribution >= 4 is 15.9 Å². The van der Waals surface area contributed by atoms with E-state index in [2.05, 4.69) is 22.5 Å². The quantitative estimate of drug-likeness (QED) is 0.758.